The van der Waals surface area contributed by atoms with Gasteiger partial charge in [-0.25, -0.2) is 0 Å². The standard InChI is InChI=1S/C21H24N4O2S2/c22-20(29-21(23)28)25-19(27)18(16-12-5-2-6-13-16)24-17(26)14-8-7-11-15-9-3-1-4-10-15/h1-6,9-10,12-13,18H,7-8,11,14H2,(H2,23,28)(H,24,26)(H2,22,25,27). The summed E-state index contributed by atoms with van der Waals surface area (Å²) in [6.45, 7) is 0. The Kier molecular flexibility index (Phi) is 9.33. The average Bonchev–Trinajstić information content (AvgIpc) is 2.70. The Bertz CT molecular complexity index is 844. The smallest absolute Gasteiger partial charge is 0.253 e. The normalized spacial score (nSPS) is 11.3. The average molecular weight is 429 g/mol. The third kappa shape index (κ3) is 8.45. The van der Waals surface area contributed by atoms with Gasteiger partial charge in [0.2, 0.25) is 5.91 Å². The molecule has 0 aliphatic heterocycles. The predicted molar refractivity (Wildman–Crippen MR) is 122 cm³/mol. The first-order chi connectivity index (χ1) is 14.0. The number of carbonyl (C=O) groups excluding carboxylic acids is 2. The molecule has 2 aromatic carbocycles. The van der Waals surface area contributed by atoms with E-state index in [2.05, 4.69) is 22.8 Å². The number of carbonyl (C=O) groups is 2. The van der Waals surface area contributed by atoms with Crippen LogP contribution in [0, 0.1) is 5.41 Å². The number of hydrogen-bond acceptors (Lipinski definition) is 5. The molecule has 0 fully saturated rings. The SMILES string of the molecule is N=C(NC(=O)C(NC(=O)CCCCc1ccccc1)c1ccccc1)SC(N)=S. The molecule has 0 heterocycles. The van der Waals surface area contributed by atoms with Crippen molar-refractivity contribution in [3.05, 3.63) is 71.8 Å². The molecule has 0 aromatic heterocycles. The Morgan fingerprint density at radius 2 is 1.66 bits per heavy atom. The van der Waals surface area contributed by atoms with E-state index in [0.29, 0.717) is 12.0 Å². The molecule has 0 aliphatic rings. The van der Waals surface area contributed by atoms with Crippen molar-refractivity contribution in [2.45, 2.75) is 31.7 Å². The van der Waals surface area contributed by atoms with Gasteiger partial charge in [-0.05, 0) is 42.2 Å². The first-order valence-electron chi connectivity index (χ1n) is 9.20. The molecule has 0 saturated heterocycles. The van der Waals surface area contributed by atoms with Gasteiger partial charge < -0.3 is 16.4 Å². The minimum absolute atomic E-state index is 0.0361. The summed E-state index contributed by atoms with van der Waals surface area (Å²) in [5.74, 6) is -0.724. The molecule has 0 aliphatic carbocycles. The molecule has 1 unspecified atom stereocenters. The molecule has 0 radical (unpaired) electrons. The molecule has 29 heavy (non-hydrogen) atoms. The van der Waals surface area contributed by atoms with E-state index >= 15 is 0 Å². The summed E-state index contributed by atoms with van der Waals surface area (Å²) in [4.78, 5) is 25.0. The zero-order chi connectivity index (χ0) is 21.1. The summed E-state index contributed by atoms with van der Waals surface area (Å²) in [6, 6.07) is 18.1. The molecular weight excluding hydrogens is 404 g/mol. The summed E-state index contributed by atoms with van der Waals surface area (Å²) in [5, 5.41) is 12.8. The third-order valence-corrected chi connectivity index (χ3v) is 4.86. The van der Waals surface area contributed by atoms with Crippen LogP contribution in [-0.2, 0) is 16.0 Å². The van der Waals surface area contributed by atoms with Crippen LogP contribution < -0.4 is 16.4 Å². The van der Waals surface area contributed by atoms with E-state index < -0.39 is 11.9 Å². The first kappa shape index (κ1) is 22.6. The number of amidine groups is 1. The van der Waals surface area contributed by atoms with Gasteiger partial charge in [0.05, 0.1) is 0 Å². The van der Waals surface area contributed by atoms with E-state index in [-0.39, 0.29) is 15.4 Å². The number of aryl methyl sites for hydroxylation is 1. The van der Waals surface area contributed by atoms with Gasteiger partial charge in [0.25, 0.3) is 5.91 Å². The lowest BCUT2D eigenvalue weighted by Crippen LogP contribution is -2.42. The molecular formula is C21H24N4O2S2. The Balaban J connectivity index is 1.91. The summed E-state index contributed by atoms with van der Waals surface area (Å²) < 4.78 is 0.0361. The number of nitrogens with two attached hydrogens (primary N) is 1. The molecule has 6 nitrogen and oxygen atoms in total. The van der Waals surface area contributed by atoms with Crippen LogP contribution in [-0.4, -0.2) is 21.3 Å². The summed E-state index contributed by atoms with van der Waals surface area (Å²) >= 11 is 5.50. The Morgan fingerprint density at radius 3 is 2.28 bits per heavy atom. The maximum absolute atomic E-state index is 12.6. The van der Waals surface area contributed by atoms with Crippen LogP contribution >= 0.6 is 24.0 Å². The predicted octanol–water partition coefficient (Wildman–Crippen LogP) is 3.28. The second kappa shape index (κ2) is 12.0. The highest BCUT2D eigenvalue weighted by atomic mass is 32.2. The molecule has 2 aromatic rings. The minimum Gasteiger partial charge on any atom is -0.384 e. The number of thioether (sulfide) groups is 1. The van der Waals surface area contributed by atoms with E-state index in [0.717, 1.165) is 31.0 Å². The maximum Gasteiger partial charge on any atom is 0.253 e. The number of unbranched alkanes of at least 4 members (excludes halogenated alkanes) is 1. The molecule has 1 atom stereocenters. The van der Waals surface area contributed by atoms with E-state index in [1.54, 1.807) is 24.3 Å². The van der Waals surface area contributed by atoms with Gasteiger partial charge in [-0.1, -0.05) is 72.9 Å². The van der Waals surface area contributed by atoms with Crippen LogP contribution in [0.3, 0.4) is 0 Å². The van der Waals surface area contributed by atoms with Crippen molar-refractivity contribution in [3.8, 4) is 0 Å². The Morgan fingerprint density at radius 1 is 1.03 bits per heavy atom. The fraction of sp³-hybridized carbons (Fsp3) is 0.238. The Labute approximate surface area is 180 Å². The summed E-state index contributed by atoms with van der Waals surface area (Å²) in [5.41, 5.74) is 7.25. The monoisotopic (exact) mass is 428 g/mol. The van der Waals surface area contributed by atoms with Gasteiger partial charge in [-0.3, -0.25) is 15.0 Å². The fourth-order valence-corrected chi connectivity index (χ4v) is 3.35. The van der Waals surface area contributed by atoms with E-state index in [1.807, 2.05) is 24.3 Å². The Hall–Kier alpha value is -2.71. The highest BCUT2D eigenvalue weighted by Crippen LogP contribution is 2.15. The van der Waals surface area contributed by atoms with Gasteiger partial charge in [-0.15, -0.1) is 0 Å². The van der Waals surface area contributed by atoms with Gasteiger partial charge in [0.15, 0.2) is 5.17 Å². The molecule has 2 amide bonds. The van der Waals surface area contributed by atoms with Crippen LogP contribution in [0.1, 0.15) is 36.4 Å². The molecule has 5 N–H and O–H groups in total. The van der Waals surface area contributed by atoms with Gasteiger partial charge in [0.1, 0.15) is 10.4 Å². The second-order valence-corrected chi connectivity index (χ2v) is 8.09. The lowest BCUT2D eigenvalue weighted by molar-refractivity contribution is -0.128. The van der Waals surface area contributed by atoms with Crippen molar-refractivity contribution in [1.82, 2.24) is 10.6 Å². The number of rotatable bonds is 8. The first-order valence-corrected chi connectivity index (χ1v) is 10.4. The van der Waals surface area contributed by atoms with E-state index in [9.17, 15) is 9.59 Å². The zero-order valence-electron chi connectivity index (χ0n) is 15.9. The number of thiocarbonyl (C=S) groups is 1. The quantitative estimate of drug-likeness (QED) is 0.223. The zero-order valence-corrected chi connectivity index (χ0v) is 17.5. The van der Waals surface area contributed by atoms with Crippen molar-refractivity contribution in [2.24, 2.45) is 5.73 Å². The summed E-state index contributed by atoms with van der Waals surface area (Å²) in [7, 11) is 0. The second-order valence-electron chi connectivity index (χ2n) is 6.34. The maximum atomic E-state index is 12.6. The van der Waals surface area contributed by atoms with Crippen LogP contribution in [0.4, 0.5) is 0 Å². The molecule has 152 valence electrons. The number of nitrogens with one attached hydrogen (secondary N) is 3. The third-order valence-electron chi connectivity index (χ3n) is 4.10. The molecule has 0 saturated carbocycles. The van der Waals surface area contributed by atoms with Crippen molar-refractivity contribution in [2.75, 3.05) is 0 Å². The van der Waals surface area contributed by atoms with Crippen LogP contribution in [0.25, 0.3) is 0 Å². The molecule has 0 bridgehead atoms. The van der Waals surface area contributed by atoms with Crippen LogP contribution in [0.5, 0.6) is 0 Å². The van der Waals surface area contributed by atoms with Gasteiger partial charge in [0, 0.05) is 6.42 Å². The summed E-state index contributed by atoms with van der Waals surface area (Å²) in [6.07, 6.45) is 2.83. The van der Waals surface area contributed by atoms with Crippen LogP contribution in [0.15, 0.2) is 60.7 Å². The highest BCUT2D eigenvalue weighted by Gasteiger charge is 2.23. The number of amides is 2. The fourth-order valence-electron chi connectivity index (χ4n) is 2.75. The minimum atomic E-state index is -0.898. The van der Waals surface area contributed by atoms with Crippen LogP contribution in [0.2, 0.25) is 0 Å². The van der Waals surface area contributed by atoms with E-state index in [1.165, 1.54) is 5.56 Å². The molecule has 0 spiro atoms. The van der Waals surface area contributed by atoms with Gasteiger partial charge in [-0.2, -0.15) is 0 Å². The number of benzene rings is 2. The van der Waals surface area contributed by atoms with E-state index in [4.69, 9.17) is 23.4 Å². The van der Waals surface area contributed by atoms with Crippen molar-refractivity contribution >= 4 is 45.3 Å². The van der Waals surface area contributed by atoms with Gasteiger partial charge >= 0.3 is 0 Å². The van der Waals surface area contributed by atoms with Crippen molar-refractivity contribution in [1.29, 1.82) is 5.41 Å². The topological polar surface area (TPSA) is 108 Å². The lowest BCUT2D eigenvalue weighted by Gasteiger charge is -2.19. The van der Waals surface area contributed by atoms with Crippen molar-refractivity contribution in [3.63, 3.8) is 0 Å². The molecule has 2 rings (SSSR count). The van der Waals surface area contributed by atoms with Crippen molar-refractivity contribution < 1.29 is 9.59 Å². The molecule has 8 heteroatoms. The highest BCUT2D eigenvalue weighted by molar-refractivity contribution is 8.32. The number of hydrogen-bond donors (Lipinski definition) is 4. The lowest BCUT2D eigenvalue weighted by atomic mass is 10.0. The largest absolute Gasteiger partial charge is 0.384 e.